The van der Waals surface area contributed by atoms with Crippen LogP contribution in [0.4, 0.5) is 17.1 Å². The van der Waals surface area contributed by atoms with Crippen molar-refractivity contribution in [1.82, 2.24) is 0 Å². The Labute approximate surface area is 303 Å². The first-order chi connectivity index (χ1) is 25.7. The zero-order chi connectivity index (χ0) is 34.2. The van der Waals surface area contributed by atoms with E-state index in [4.69, 9.17) is 8.83 Å². The molecule has 0 aliphatic carbocycles. The maximum atomic E-state index is 6.38. The Kier molecular flexibility index (Phi) is 6.42. The summed E-state index contributed by atoms with van der Waals surface area (Å²) in [5, 5.41) is 7.12. The molecule has 3 nitrogen and oxygen atoms in total. The summed E-state index contributed by atoms with van der Waals surface area (Å²) in [6.45, 7) is 0. The molecule has 11 aromatic rings. The van der Waals surface area contributed by atoms with Gasteiger partial charge < -0.3 is 13.7 Å². The SMILES string of the molecule is c1cc(-c2ccc3c(c2)oc2ccccc23)cc(N(c2ccc(-c3cccc4sc5ccccc5c34)cc2)c2ccc3c(c2)oc2ccccc23)c1. The van der Waals surface area contributed by atoms with Crippen LogP contribution in [0.25, 0.3) is 86.3 Å². The number of benzene rings is 8. The molecule has 3 heterocycles. The lowest BCUT2D eigenvalue weighted by molar-refractivity contribution is 0.668. The van der Waals surface area contributed by atoms with Crippen molar-refractivity contribution in [1.29, 1.82) is 0 Å². The number of anilines is 3. The highest BCUT2D eigenvalue weighted by atomic mass is 32.1. The lowest BCUT2D eigenvalue weighted by atomic mass is 9.99. The quantitative estimate of drug-likeness (QED) is 0.181. The lowest BCUT2D eigenvalue weighted by Gasteiger charge is -2.26. The third-order valence-electron chi connectivity index (χ3n) is 10.3. The standard InChI is InChI=1S/C48H29NO2S/c1-4-15-42-37(11-1)39-25-21-32(28-44(39)50-42)31-9-7-10-34(27-31)49(35-24-26-40-38-12-2-5-16-43(38)51-45(40)29-35)33-22-19-30(20-23-33)36-14-8-18-47-48(36)41-13-3-6-17-46(41)52-47/h1-29H. The van der Waals surface area contributed by atoms with E-state index < -0.39 is 0 Å². The zero-order valence-corrected chi connectivity index (χ0v) is 28.7. The van der Waals surface area contributed by atoms with Crippen LogP contribution in [0.5, 0.6) is 0 Å². The number of nitrogens with zero attached hydrogens (tertiary/aromatic N) is 1. The topological polar surface area (TPSA) is 29.5 Å². The average molecular weight is 684 g/mol. The van der Waals surface area contributed by atoms with Gasteiger partial charge in [-0.2, -0.15) is 0 Å². The van der Waals surface area contributed by atoms with Crippen molar-refractivity contribution in [2.75, 3.05) is 4.90 Å². The van der Waals surface area contributed by atoms with Gasteiger partial charge in [0.15, 0.2) is 0 Å². The lowest BCUT2D eigenvalue weighted by Crippen LogP contribution is -2.10. The highest BCUT2D eigenvalue weighted by Gasteiger charge is 2.18. The van der Waals surface area contributed by atoms with Gasteiger partial charge in [0.05, 0.1) is 0 Å². The van der Waals surface area contributed by atoms with E-state index in [1.165, 1.54) is 31.3 Å². The van der Waals surface area contributed by atoms with Crippen LogP contribution in [-0.2, 0) is 0 Å². The van der Waals surface area contributed by atoms with Crippen LogP contribution in [0.2, 0.25) is 0 Å². The summed E-state index contributed by atoms with van der Waals surface area (Å²) in [7, 11) is 0. The molecule has 8 aromatic carbocycles. The van der Waals surface area contributed by atoms with Crippen molar-refractivity contribution in [3.05, 3.63) is 176 Å². The zero-order valence-electron chi connectivity index (χ0n) is 27.9. The van der Waals surface area contributed by atoms with Crippen molar-refractivity contribution < 1.29 is 8.83 Å². The molecule has 0 aliphatic heterocycles. The number of hydrogen-bond donors (Lipinski definition) is 0. The van der Waals surface area contributed by atoms with E-state index in [0.29, 0.717) is 0 Å². The summed E-state index contributed by atoms with van der Waals surface area (Å²) in [6, 6.07) is 62.6. The molecule has 0 atom stereocenters. The fourth-order valence-electron chi connectivity index (χ4n) is 7.84. The Morgan fingerprint density at radius 2 is 0.904 bits per heavy atom. The van der Waals surface area contributed by atoms with E-state index in [-0.39, 0.29) is 0 Å². The van der Waals surface area contributed by atoms with Crippen molar-refractivity contribution in [2.24, 2.45) is 0 Å². The second-order valence-electron chi connectivity index (χ2n) is 13.3. The first-order valence-electron chi connectivity index (χ1n) is 17.5. The first kappa shape index (κ1) is 29.1. The predicted molar refractivity (Wildman–Crippen MR) is 219 cm³/mol. The minimum absolute atomic E-state index is 0.864. The van der Waals surface area contributed by atoms with E-state index in [2.05, 4.69) is 157 Å². The molecule has 3 aromatic heterocycles. The van der Waals surface area contributed by atoms with Crippen LogP contribution in [0.15, 0.2) is 185 Å². The molecule has 11 rings (SSSR count). The Balaban J connectivity index is 1.05. The summed E-state index contributed by atoms with van der Waals surface area (Å²) in [5.41, 5.74) is 11.3. The minimum Gasteiger partial charge on any atom is -0.456 e. The Hall–Kier alpha value is -6.62. The summed E-state index contributed by atoms with van der Waals surface area (Å²) < 4.78 is 15.3. The first-order valence-corrected chi connectivity index (χ1v) is 18.3. The summed E-state index contributed by atoms with van der Waals surface area (Å²) >= 11 is 1.85. The maximum Gasteiger partial charge on any atom is 0.137 e. The molecule has 0 unspecified atom stereocenters. The number of para-hydroxylation sites is 2. The largest absolute Gasteiger partial charge is 0.456 e. The second kappa shape index (κ2) is 11.5. The summed E-state index contributed by atoms with van der Waals surface area (Å²) in [4.78, 5) is 2.32. The number of hydrogen-bond acceptors (Lipinski definition) is 4. The van der Waals surface area contributed by atoms with E-state index in [1.807, 2.05) is 35.6 Å². The third kappa shape index (κ3) is 4.58. The van der Waals surface area contributed by atoms with Crippen molar-refractivity contribution in [3.63, 3.8) is 0 Å². The Bertz CT molecular complexity index is 3150. The highest BCUT2D eigenvalue weighted by molar-refractivity contribution is 7.25. The fourth-order valence-corrected chi connectivity index (χ4v) is 8.97. The van der Waals surface area contributed by atoms with Crippen LogP contribution in [0.1, 0.15) is 0 Å². The van der Waals surface area contributed by atoms with Crippen LogP contribution in [0, 0.1) is 0 Å². The number of furan rings is 2. The Morgan fingerprint density at radius 3 is 1.69 bits per heavy atom. The smallest absolute Gasteiger partial charge is 0.137 e. The molecule has 0 amide bonds. The number of thiophene rings is 1. The van der Waals surface area contributed by atoms with E-state index in [1.54, 1.807) is 0 Å². The van der Waals surface area contributed by atoms with Crippen LogP contribution in [-0.4, -0.2) is 0 Å². The Morgan fingerprint density at radius 1 is 0.346 bits per heavy atom. The normalized spacial score (nSPS) is 11.8. The summed E-state index contributed by atoms with van der Waals surface area (Å²) in [5.74, 6) is 0. The molecule has 0 bridgehead atoms. The molecule has 52 heavy (non-hydrogen) atoms. The van der Waals surface area contributed by atoms with Crippen molar-refractivity contribution in [3.8, 4) is 22.3 Å². The van der Waals surface area contributed by atoms with Gasteiger partial charge in [-0.15, -0.1) is 11.3 Å². The van der Waals surface area contributed by atoms with E-state index >= 15 is 0 Å². The molecule has 0 aliphatic rings. The van der Waals surface area contributed by atoms with Gasteiger partial charge in [0.25, 0.3) is 0 Å². The summed E-state index contributed by atoms with van der Waals surface area (Å²) in [6.07, 6.45) is 0. The van der Waals surface area contributed by atoms with Gasteiger partial charge in [0.1, 0.15) is 22.3 Å². The van der Waals surface area contributed by atoms with Gasteiger partial charge in [0.2, 0.25) is 0 Å². The van der Waals surface area contributed by atoms with Crippen LogP contribution in [0.3, 0.4) is 0 Å². The van der Waals surface area contributed by atoms with Gasteiger partial charge in [0, 0.05) is 64.8 Å². The molecule has 0 spiro atoms. The molecule has 0 N–H and O–H groups in total. The van der Waals surface area contributed by atoms with Crippen molar-refractivity contribution in [2.45, 2.75) is 0 Å². The molecule has 244 valence electrons. The monoisotopic (exact) mass is 683 g/mol. The predicted octanol–water partition coefficient (Wildman–Crippen LogP) is 14.7. The molecule has 0 saturated carbocycles. The molecule has 4 heteroatoms. The van der Waals surface area contributed by atoms with Gasteiger partial charge in [-0.3, -0.25) is 0 Å². The number of fused-ring (bicyclic) bond motifs is 9. The molecule has 0 fully saturated rings. The van der Waals surface area contributed by atoms with Gasteiger partial charge in [-0.05, 0) is 95.1 Å². The minimum atomic E-state index is 0.864. The average Bonchev–Trinajstić information content (AvgIpc) is 3.89. The van der Waals surface area contributed by atoms with Crippen molar-refractivity contribution >= 4 is 92.4 Å². The van der Waals surface area contributed by atoms with E-state index in [9.17, 15) is 0 Å². The van der Waals surface area contributed by atoms with Crippen LogP contribution < -0.4 is 4.90 Å². The van der Waals surface area contributed by atoms with Gasteiger partial charge in [-0.25, -0.2) is 0 Å². The van der Waals surface area contributed by atoms with Crippen LogP contribution >= 0.6 is 11.3 Å². The second-order valence-corrected chi connectivity index (χ2v) is 14.4. The molecule has 0 radical (unpaired) electrons. The molecule has 0 saturated heterocycles. The molecular formula is C48H29NO2S. The third-order valence-corrected chi connectivity index (χ3v) is 11.4. The fraction of sp³-hybridized carbons (Fsp3) is 0. The van der Waals surface area contributed by atoms with Gasteiger partial charge >= 0.3 is 0 Å². The van der Waals surface area contributed by atoms with E-state index in [0.717, 1.165) is 72.1 Å². The highest BCUT2D eigenvalue weighted by Crippen LogP contribution is 2.43. The van der Waals surface area contributed by atoms with Gasteiger partial charge in [-0.1, -0.05) is 97.1 Å². The number of rotatable bonds is 5. The molecular weight excluding hydrogens is 655 g/mol. The maximum absolute atomic E-state index is 6.38.